The predicted octanol–water partition coefficient (Wildman–Crippen LogP) is 3.06. The minimum atomic E-state index is 0.0532. The Morgan fingerprint density at radius 1 is 1.21 bits per heavy atom. The van der Waals surface area contributed by atoms with E-state index in [2.05, 4.69) is 15.5 Å². The van der Waals surface area contributed by atoms with Crippen molar-refractivity contribution in [2.45, 2.75) is 63.7 Å². The molecule has 0 atom stereocenters. The van der Waals surface area contributed by atoms with E-state index in [-0.39, 0.29) is 5.91 Å². The molecule has 7 nitrogen and oxygen atoms in total. The van der Waals surface area contributed by atoms with Crippen LogP contribution in [-0.2, 0) is 4.79 Å². The number of aromatic nitrogens is 3. The van der Waals surface area contributed by atoms with Gasteiger partial charge in [0, 0.05) is 43.6 Å². The maximum absolute atomic E-state index is 11.7. The molecular weight excluding hydrogens is 354 g/mol. The summed E-state index contributed by atoms with van der Waals surface area (Å²) in [6.45, 7) is 3.08. The summed E-state index contributed by atoms with van der Waals surface area (Å²) in [7, 11) is 0. The van der Waals surface area contributed by atoms with Gasteiger partial charge in [-0.3, -0.25) is 4.79 Å². The van der Waals surface area contributed by atoms with Crippen molar-refractivity contribution in [3.63, 3.8) is 0 Å². The monoisotopic (exact) mass is 383 g/mol. The van der Waals surface area contributed by atoms with Crippen LogP contribution in [0.3, 0.4) is 0 Å². The molecule has 0 aliphatic heterocycles. The lowest BCUT2D eigenvalue weighted by atomic mass is 9.79. The van der Waals surface area contributed by atoms with E-state index < -0.39 is 0 Å². The Balaban J connectivity index is 1.46. The lowest BCUT2D eigenvalue weighted by molar-refractivity contribution is -0.121. The van der Waals surface area contributed by atoms with Gasteiger partial charge in [-0.2, -0.15) is 0 Å². The van der Waals surface area contributed by atoms with Gasteiger partial charge in [0.1, 0.15) is 5.82 Å². The maximum Gasteiger partial charge on any atom is 0.221 e. The minimum absolute atomic E-state index is 0.0532. The van der Waals surface area contributed by atoms with Crippen LogP contribution in [0.4, 0.5) is 0 Å². The Labute approximate surface area is 165 Å². The molecule has 150 valence electrons. The molecule has 0 radical (unpaired) electrons. The number of nitrogens with one attached hydrogen (secondary N) is 1. The molecule has 2 aliphatic rings. The SMILES string of the molecule is Cc1cc(-c2cnc(C3CC3)nc2C2CCC(CNC(=O)CCN)CC2)on1. The van der Waals surface area contributed by atoms with Gasteiger partial charge >= 0.3 is 0 Å². The van der Waals surface area contributed by atoms with E-state index in [1.165, 1.54) is 12.8 Å². The van der Waals surface area contributed by atoms with E-state index in [4.69, 9.17) is 15.2 Å². The molecule has 2 aliphatic carbocycles. The Morgan fingerprint density at radius 3 is 2.61 bits per heavy atom. The van der Waals surface area contributed by atoms with Crippen LogP contribution in [0, 0.1) is 12.8 Å². The van der Waals surface area contributed by atoms with Crippen molar-refractivity contribution in [2.24, 2.45) is 11.7 Å². The quantitative estimate of drug-likeness (QED) is 0.761. The third-order valence-corrected chi connectivity index (χ3v) is 5.87. The highest BCUT2D eigenvalue weighted by Gasteiger charge is 2.31. The molecule has 2 heterocycles. The van der Waals surface area contributed by atoms with E-state index >= 15 is 0 Å². The summed E-state index contributed by atoms with van der Waals surface area (Å²) in [4.78, 5) is 21.2. The molecule has 2 saturated carbocycles. The molecule has 0 saturated heterocycles. The van der Waals surface area contributed by atoms with E-state index in [1.807, 2.05) is 19.2 Å². The Bertz CT molecular complexity index is 822. The molecule has 28 heavy (non-hydrogen) atoms. The lowest BCUT2D eigenvalue weighted by Crippen LogP contribution is -2.32. The summed E-state index contributed by atoms with van der Waals surface area (Å²) in [5.74, 6) is 3.24. The number of hydrogen-bond donors (Lipinski definition) is 2. The molecule has 0 aromatic carbocycles. The first-order chi connectivity index (χ1) is 13.6. The van der Waals surface area contributed by atoms with Crippen LogP contribution < -0.4 is 11.1 Å². The van der Waals surface area contributed by atoms with Crippen LogP contribution in [0.15, 0.2) is 16.8 Å². The number of amides is 1. The second-order valence-corrected chi connectivity index (χ2v) is 8.19. The van der Waals surface area contributed by atoms with E-state index in [0.29, 0.717) is 30.7 Å². The van der Waals surface area contributed by atoms with Crippen LogP contribution in [0.25, 0.3) is 11.3 Å². The summed E-state index contributed by atoms with van der Waals surface area (Å²) in [5, 5.41) is 7.05. The Kier molecular flexibility index (Phi) is 5.71. The fraction of sp³-hybridized carbons (Fsp3) is 0.619. The van der Waals surface area contributed by atoms with Crippen LogP contribution in [-0.4, -0.2) is 34.1 Å². The van der Waals surface area contributed by atoms with Crippen molar-refractivity contribution in [1.82, 2.24) is 20.4 Å². The Morgan fingerprint density at radius 2 is 1.96 bits per heavy atom. The molecule has 2 fully saturated rings. The third-order valence-electron chi connectivity index (χ3n) is 5.87. The molecule has 0 bridgehead atoms. The smallest absolute Gasteiger partial charge is 0.221 e. The van der Waals surface area contributed by atoms with Gasteiger partial charge in [-0.15, -0.1) is 0 Å². The minimum Gasteiger partial charge on any atom is -0.356 e. The van der Waals surface area contributed by atoms with Crippen LogP contribution >= 0.6 is 0 Å². The average Bonchev–Trinajstić information content (AvgIpc) is 3.47. The van der Waals surface area contributed by atoms with E-state index in [0.717, 1.165) is 60.8 Å². The highest BCUT2D eigenvalue weighted by Crippen LogP contribution is 2.42. The molecule has 0 unspecified atom stereocenters. The van der Waals surface area contributed by atoms with Crippen molar-refractivity contribution < 1.29 is 9.32 Å². The molecular formula is C21H29N5O2. The zero-order valence-electron chi connectivity index (χ0n) is 16.5. The van der Waals surface area contributed by atoms with Crippen LogP contribution in [0.1, 0.15) is 74.0 Å². The number of carbonyl (C=O) groups is 1. The lowest BCUT2D eigenvalue weighted by Gasteiger charge is -2.29. The standard InChI is InChI=1S/C21H29N5O2/c1-13-10-18(28-26-13)17-12-24-21(16-6-7-16)25-20(17)15-4-2-14(3-5-15)11-23-19(27)8-9-22/h10,12,14-16H,2-9,11,22H2,1H3,(H,23,27). The van der Waals surface area contributed by atoms with Crippen molar-refractivity contribution in [2.75, 3.05) is 13.1 Å². The van der Waals surface area contributed by atoms with Crippen molar-refractivity contribution >= 4 is 5.91 Å². The van der Waals surface area contributed by atoms with Crippen LogP contribution in [0.5, 0.6) is 0 Å². The maximum atomic E-state index is 11.7. The first-order valence-electron chi connectivity index (χ1n) is 10.4. The zero-order valence-corrected chi connectivity index (χ0v) is 16.5. The summed E-state index contributed by atoms with van der Waals surface area (Å²) < 4.78 is 5.52. The van der Waals surface area contributed by atoms with Gasteiger partial charge < -0.3 is 15.6 Å². The topological polar surface area (TPSA) is 107 Å². The van der Waals surface area contributed by atoms with Gasteiger partial charge in [-0.25, -0.2) is 9.97 Å². The highest BCUT2D eigenvalue weighted by atomic mass is 16.5. The van der Waals surface area contributed by atoms with Gasteiger partial charge in [0.05, 0.1) is 17.0 Å². The van der Waals surface area contributed by atoms with Crippen molar-refractivity contribution in [3.8, 4) is 11.3 Å². The molecule has 1 amide bonds. The largest absolute Gasteiger partial charge is 0.356 e. The van der Waals surface area contributed by atoms with Gasteiger partial charge in [0.15, 0.2) is 5.76 Å². The molecule has 2 aromatic heterocycles. The van der Waals surface area contributed by atoms with Gasteiger partial charge in [-0.05, 0) is 51.4 Å². The zero-order chi connectivity index (χ0) is 19.5. The number of hydrogen-bond acceptors (Lipinski definition) is 6. The second-order valence-electron chi connectivity index (χ2n) is 8.19. The van der Waals surface area contributed by atoms with Gasteiger partial charge in [-0.1, -0.05) is 5.16 Å². The van der Waals surface area contributed by atoms with Gasteiger partial charge in [0.2, 0.25) is 5.91 Å². The molecule has 3 N–H and O–H groups in total. The summed E-state index contributed by atoms with van der Waals surface area (Å²) in [6, 6.07) is 1.96. The average molecular weight is 383 g/mol. The number of aryl methyl sites for hydroxylation is 1. The predicted molar refractivity (Wildman–Crippen MR) is 106 cm³/mol. The molecule has 7 heteroatoms. The highest BCUT2D eigenvalue weighted by molar-refractivity contribution is 5.76. The summed E-state index contributed by atoms with van der Waals surface area (Å²) >= 11 is 0. The fourth-order valence-corrected chi connectivity index (χ4v) is 4.06. The molecule has 2 aromatic rings. The van der Waals surface area contributed by atoms with E-state index in [1.54, 1.807) is 0 Å². The molecule has 4 rings (SSSR count). The Hall–Kier alpha value is -2.28. The first-order valence-corrected chi connectivity index (χ1v) is 10.4. The van der Waals surface area contributed by atoms with Crippen molar-refractivity contribution in [1.29, 1.82) is 0 Å². The summed E-state index contributed by atoms with van der Waals surface area (Å²) in [6.07, 6.45) is 9.02. The fourth-order valence-electron chi connectivity index (χ4n) is 4.06. The third kappa shape index (κ3) is 4.41. The normalized spacial score (nSPS) is 22.2. The molecule has 0 spiro atoms. The second kappa shape index (κ2) is 8.39. The van der Waals surface area contributed by atoms with Crippen LogP contribution in [0.2, 0.25) is 0 Å². The first kappa shape index (κ1) is 19.1. The number of nitrogens with zero attached hydrogens (tertiary/aromatic N) is 3. The number of carbonyl (C=O) groups excluding carboxylic acids is 1. The van der Waals surface area contributed by atoms with Gasteiger partial charge in [0.25, 0.3) is 0 Å². The number of rotatable bonds is 7. The summed E-state index contributed by atoms with van der Waals surface area (Å²) in [5.41, 5.74) is 8.39. The van der Waals surface area contributed by atoms with Crippen molar-refractivity contribution in [3.05, 3.63) is 29.5 Å². The van der Waals surface area contributed by atoms with E-state index in [9.17, 15) is 4.79 Å². The number of nitrogens with two attached hydrogens (primary N) is 1.